The third-order valence-electron chi connectivity index (χ3n) is 1.87. The van der Waals surface area contributed by atoms with E-state index in [0.717, 1.165) is 0 Å². The Bertz CT molecular complexity index is 564. The number of halogens is 1. The van der Waals surface area contributed by atoms with Gasteiger partial charge in [0.15, 0.2) is 6.29 Å². The first kappa shape index (κ1) is 9.78. The highest BCUT2D eigenvalue weighted by Gasteiger charge is 2.21. The molecule has 0 atom stereocenters. The second kappa shape index (κ2) is 3.43. The Morgan fingerprint density at radius 1 is 1.53 bits per heavy atom. The van der Waals surface area contributed by atoms with E-state index in [0.29, 0.717) is 16.4 Å². The highest BCUT2D eigenvalue weighted by Crippen LogP contribution is 2.21. The molecule has 0 saturated carbocycles. The third-order valence-corrected chi connectivity index (χ3v) is 2.34. The molecule has 0 aliphatic rings. The van der Waals surface area contributed by atoms with Crippen molar-refractivity contribution in [1.29, 1.82) is 0 Å². The number of imidazole rings is 1. The molecule has 6 nitrogen and oxygen atoms in total. The van der Waals surface area contributed by atoms with Crippen molar-refractivity contribution in [2.75, 3.05) is 0 Å². The molecule has 0 aliphatic carbocycles. The lowest BCUT2D eigenvalue weighted by atomic mass is 10.5. The molecule has 0 fully saturated rings. The lowest BCUT2D eigenvalue weighted by Crippen LogP contribution is -1.96. The summed E-state index contributed by atoms with van der Waals surface area (Å²) in [4.78, 5) is 24.5. The maximum absolute atomic E-state index is 10.7. The minimum absolute atomic E-state index is 0.168. The number of carbonyl (C=O) groups excluding carboxylic acids is 1. The van der Waals surface area contributed by atoms with E-state index >= 15 is 0 Å². The zero-order valence-corrected chi connectivity index (χ0v) is 8.84. The van der Waals surface area contributed by atoms with Gasteiger partial charge in [-0.3, -0.25) is 4.79 Å². The smallest absolute Gasteiger partial charge is 0.358 e. The Morgan fingerprint density at radius 3 is 2.87 bits per heavy atom. The number of nitro groups is 1. The summed E-state index contributed by atoms with van der Waals surface area (Å²) in [5.41, 5.74) is 0.199. The summed E-state index contributed by atoms with van der Waals surface area (Å²) in [5.74, 6) is -0.318. The molecule has 0 bridgehead atoms. The van der Waals surface area contributed by atoms with Crippen molar-refractivity contribution in [1.82, 2.24) is 9.38 Å². The molecule has 76 valence electrons. The summed E-state index contributed by atoms with van der Waals surface area (Å²) in [6.07, 6.45) is 1.87. The lowest BCUT2D eigenvalue weighted by molar-refractivity contribution is -0.390. The number of hydrogen-bond acceptors (Lipinski definition) is 4. The van der Waals surface area contributed by atoms with E-state index in [1.807, 2.05) is 0 Å². The molecule has 2 aromatic rings. The topological polar surface area (TPSA) is 77.5 Å². The number of carbonyl (C=O) groups is 1. The maximum atomic E-state index is 10.7. The Hall–Kier alpha value is -1.76. The van der Waals surface area contributed by atoms with Gasteiger partial charge in [0.2, 0.25) is 11.3 Å². The first-order chi connectivity index (χ1) is 7.13. The summed E-state index contributed by atoms with van der Waals surface area (Å²) in [6, 6.07) is 3.28. The lowest BCUT2D eigenvalue weighted by Gasteiger charge is -1.93. The summed E-state index contributed by atoms with van der Waals surface area (Å²) in [7, 11) is 0. The quantitative estimate of drug-likeness (QED) is 0.473. The molecule has 0 spiro atoms. The number of aromatic nitrogens is 2. The fourth-order valence-corrected chi connectivity index (χ4v) is 1.62. The SMILES string of the molecule is O=Cc1nc2ccc(Br)cn2c1[N+](=O)[O-]. The largest absolute Gasteiger partial charge is 0.358 e. The summed E-state index contributed by atoms with van der Waals surface area (Å²) in [5, 5.41) is 10.7. The Balaban J connectivity index is 2.88. The number of hydrogen-bond donors (Lipinski definition) is 0. The van der Waals surface area contributed by atoms with Gasteiger partial charge < -0.3 is 10.1 Å². The number of rotatable bonds is 2. The van der Waals surface area contributed by atoms with Crippen molar-refractivity contribution < 1.29 is 9.72 Å². The molecular weight excluding hydrogens is 266 g/mol. The van der Waals surface area contributed by atoms with Gasteiger partial charge in [0.1, 0.15) is 6.20 Å². The van der Waals surface area contributed by atoms with Gasteiger partial charge in [-0.1, -0.05) is 0 Å². The Morgan fingerprint density at radius 2 is 2.27 bits per heavy atom. The minimum Gasteiger partial charge on any atom is -0.358 e. The molecular formula is C8H4BrN3O3. The van der Waals surface area contributed by atoms with E-state index < -0.39 is 4.92 Å². The predicted molar refractivity (Wildman–Crippen MR) is 54.9 cm³/mol. The molecule has 2 rings (SSSR count). The normalized spacial score (nSPS) is 10.5. The van der Waals surface area contributed by atoms with E-state index in [1.165, 1.54) is 10.6 Å². The van der Waals surface area contributed by atoms with E-state index in [1.54, 1.807) is 12.1 Å². The van der Waals surface area contributed by atoms with E-state index in [2.05, 4.69) is 20.9 Å². The van der Waals surface area contributed by atoms with Gasteiger partial charge in [-0.25, -0.2) is 0 Å². The minimum atomic E-state index is -0.629. The number of pyridine rings is 1. The fraction of sp³-hybridized carbons (Fsp3) is 0. The zero-order chi connectivity index (χ0) is 11.0. The average molecular weight is 270 g/mol. The Labute approximate surface area is 91.8 Å². The summed E-state index contributed by atoms with van der Waals surface area (Å²) >= 11 is 3.19. The van der Waals surface area contributed by atoms with Crippen molar-refractivity contribution in [3.63, 3.8) is 0 Å². The number of fused-ring (bicyclic) bond motifs is 1. The number of nitrogens with zero attached hydrogens (tertiary/aromatic N) is 3. The first-order valence-corrected chi connectivity index (χ1v) is 4.70. The van der Waals surface area contributed by atoms with Crippen LogP contribution in [0, 0.1) is 10.1 Å². The second-order valence-corrected chi connectivity index (χ2v) is 3.69. The van der Waals surface area contributed by atoms with Crippen LogP contribution in [0.1, 0.15) is 10.5 Å². The van der Waals surface area contributed by atoms with Gasteiger partial charge in [-0.15, -0.1) is 0 Å². The van der Waals surface area contributed by atoms with Crippen molar-refractivity contribution in [2.45, 2.75) is 0 Å². The van der Waals surface area contributed by atoms with Gasteiger partial charge in [-0.2, -0.15) is 9.38 Å². The molecule has 0 amide bonds. The number of aldehydes is 1. The van der Waals surface area contributed by atoms with Crippen LogP contribution >= 0.6 is 15.9 Å². The zero-order valence-electron chi connectivity index (χ0n) is 7.25. The highest BCUT2D eigenvalue weighted by atomic mass is 79.9. The molecule has 15 heavy (non-hydrogen) atoms. The van der Waals surface area contributed by atoms with Crippen LogP contribution in [0.25, 0.3) is 5.65 Å². The van der Waals surface area contributed by atoms with Crippen LogP contribution in [0.15, 0.2) is 22.8 Å². The van der Waals surface area contributed by atoms with Crippen LogP contribution in [0.2, 0.25) is 0 Å². The van der Waals surface area contributed by atoms with Crippen LogP contribution in [0.3, 0.4) is 0 Å². The van der Waals surface area contributed by atoms with Gasteiger partial charge in [0, 0.05) is 6.07 Å². The van der Waals surface area contributed by atoms with E-state index in [4.69, 9.17) is 0 Å². The van der Waals surface area contributed by atoms with Crippen molar-refractivity contribution >= 4 is 33.7 Å². The molecule has 0 aromatic carbocycles. The van der Waals surface area contributed by atoms with Gasteiger partial charge in [0.25, 0.3) is 0 Å². The van der Waals surface area contributed by atoms with Crippen molar-refractivity contribution in [2.24, 2.45) is 0 Å². The van der Waals surface area contributed by atoms with Gasteiger partial charge >= 0.3 is 5.82 Å². The van der Waals surface area contributed by atoms with Crippen LogP contribution in [-0.2, 0) is 0 Å². The maximum Gasteiger partial charge on any atom is 0.358 e. The average Bonchev–Trinajstić information content (AvgIpc) is 2.55. The highest BCUT2D eigenvalue weighted by molar-refractivity contribution is 9.10. The van der Waals surface area contributed by atoms with Crippen molar-refractivity contribution in [3.05, 3.63) is 38.6 Å². The molecule has 0 radical (unpaired) electrons. The molecule has 0 saturated heterocycles. The summed E-state index contributed by atoms with van der Waals surface area (Å²) < 4.78 is 1.93. The fourth-order valence-electron chi connectivity index (χ4n) is 1.29. The standard InChI is InChI=1S/C8H4BrN3O3/c9-5-1-2-7-10-6(4-13)8(12(14)15)11(7)3-5/h1-4H. The van der Waals surface area contributed by atoms with Crippen LogP contribution in [-0.4, -0.2) is 20.6 Å². The molecule has 2 heterocycles. The van der Waals surface area contributed by atoms with Crippen LogP contribution < -0.4 is 0 Å². The van der Waals surface area contributed by atoms with E-state index in [-0.39, 0.29) is 11.5 Å². The van der Waals surface area contributed by atoms with Crippen LogP contribution in [0.4, 0.5) is 5.82 Å². The molecule has 0 unspecified atom stereocenters. The van der Waals surface area contributed by atoms with E-state index in [9.17, 15) is 14.9 Å². The predicted octanol–water partition coefficient (Wildman–Crippen LogP) is 1.82. The molecule has 2 aromatic heterocycles. The third kappa shape index (κ3) is 1.50. The monoisotopic (exact) mass is 269 g/mol. The van der Waals surface area contributed by atoms with Crippen molar-refractivity contribution in [3.8, 4) is 0 Å². The first-order valence-electron chi connectivity index (χ1n) is 3.90. The summed E-state index contributed by atoms with van der Waals surface area (Å²) in [6.45, 7) is 0. The van der Waals surface area contributed by atoms with Gasteiger partial charge in [-0.05, 0) is 26.9 Å². The van der Waals surface area contributed by atoms with Crippen LogP contribution in [0.5, 0.6) is 0 Å². The molecule has 0 aliphatic heterocycles. The van der Waals surface area contributed by atoms with Gasteiger partial charge in [0.05, 0.1) is 4.47 Å². The molecule has 0 N–H and O–H groups in total. The second-order valence-electron chi connectivity index (χ2n) is 2.77. The Kier molecular flexibility index (Phi) is 2.24. The molecule has 7 heteroatoms.